The molecule has 4 rings (SSSR count). The average Bonchev–Trinajstić information content (AvgIpc) is 3.34. The van der Waals surface area contributed by atoms with Gasteiger partial charge in [0.15, 0.2) is 5.82 Å². The van der Waals surface area contributed by atoms with Crippen LogP contribution in [0.25, 0.3) is 10.9 Å². The summed E-state index contributed by atoms with van der Waals surface area (Å²) in [6.07, 6.45) is 2.66. The molecule has 3 aromatic rings. The monoisotopic (exact) mass is 433 g/mol. The normalized spacial score (nSPS) is 17.2. The zero-order valence-corrected chi connectivity index (χ0v) is 16.1. The number of fused-ring (bicyclic) bond motifs is 1. The average molecular weight is 434 g/mol. The number of rotatable bonds is 5. The zero-order chi connectivity index (χ0) is 18.1. The molecule has 1 aromatic carbocycles. The van der Waals surface area contributed by atoms with Crippen LogP contribution in [0, 0.1) is 5.92 Å². The summed E-state index contributed by atoms with van der Waals surface area (Å²) < 4.78 is 0.936. The van der Waals surface area contributed by atoms with E-state index in [0.717, 1.165) is 20.4 Å². The zero-order valence-electron chi connectivity index (χ0n) is 13.7. The van der Waals surface area contributed by atoms with Gasteiger partial charge in [0.2, 0.25) is 11.8 Å². The summed E-state index contributed by atoms with van der Waals surface area (Å²) in [5.74, 6) is 0.0398. The van der Waals surface area contributed by atoms with E-state index in [1.807, 2.05) is 23.6 Å². The van der Waals surface area contributed by atoms with Crippen LogP contribution in [-0.4, -0.2) is 40.1 Å². The molecular formula is C17H16BrN5O2S. The standard InChI is InChI=1S/C17H16BrN5O2S/c18-11-1-2-12-13(8-11)21-22-16(12)23-9-10(7-15(23)24)17(25)20-4-3-14-19-5-6-26-14/h1-2,5-6,8,10H,3-4,7,9H2,(H,20,25)(H,21,22)/t10-/m0/s1. The first-order valence-electron chi connectivity index (χ1n) is 8.22. The fourth-order valence-electron chi connectivity index (χ4n) is 3.08. The minimum atomic E-state index is -0.360. The van der Waals surface area contributed by atoms with Crippen molar-refractivity contribution in [1.82, 2.24) is 20.5 Å². The van der Waals surface area contributed by atoms with E-state index in [9.17, 15) is 9.59 Å². The summed E-state index contributed by atoms with van der Waals surface area (Å²) in [5.41, 5.74) is 0.846. The lowest BCUT2D eigenvalue weighted by molar-refractivity contribution is -0.126. The maximum atomic E-state index is 12.4. The molecule has 0 bridgehead atoms. The van der Waals surface area contributed by atoms with Gasteiger partial charge in [-0.15, -0.1) is 11.3 Å². The van der Waals surface area contributed by atoms with Gasteiger partial charge in [-0.1, -0.05) is 15.9 Å². The van der Waals surface area contributed by atoms with Crippen LogP contribution in [0.2, 0.25) is 0 Å². The van der Waals surface area contributed by atoms with Gasteiger partial charge in [-0.05, 0) is 18.2 Å². The molecular weight excluding hydrogens is 418 g/mol. The van der Waals surface area contributed by atoms with Gasteiger partial charge in [0, 0.05) is 47.4 Å². The van der Waals surface area contributed by atoms with Crippen LogP contribution < -0.4 is 10.2 Å². The van der Waals surface area contributed by atoms with Gasteiger partial charge in [0.05, 0.1) is 16.4 Å². The lowest BCUT2D eigenvalue weighted by Gasteiger charge is -2.14. The summed E-state index contributed by atoms with van der Waals surface area (Å²) in [5, 5.41) is 13.9. The second-order valence-electron chi connectivity index (χ2n) is 6.11. The first-order chi connectivity index (χ1) is 12.6. The molecule has 9 heteroatoms. The summed E-state index contributed by atoms with van der Waals surface area (Å²) in [7, 11) is 0. The number of carbonyl (C=O) groups is 2. The van der Waals surface area contributed by atoms with E-state index in [2.05, 4.69) is 36.4 Å². The molecule has 2 amide bonds. The van der Waals surface area contributed by atoms with Crippen molar-refractivity contribution in [3.05, 3.63) is 39.3 Å². The summed E-state index contributed by atoms with van der Waals surface area (Å²) in [6, 6.07) is 5.73. The maximum Gasteiger partial charge on any atom is 0.229 e. The number of hydrogen-bond acceptors (Lipinski definition) is 5. The quantitative estimate of drug-likeness (QED) is 0.646. The van der Waals surface area contributed by atoms with E-state index >= 15 is 0 Å². The second-order valence-corrected chi connectivity index (χ2v) is 8.00. The van der Waals surface area contributed by atoms with Crippen LogP contribution in [0.4, 0.5) is 5.82 Å². The van der Waals surface area contributed by atoms with Gasteiger partial charge in [-0.2, -0.15) is 5.10 Å². The lowest BCUT2D eigenvalue weighted by atomic mass is 10.1. The number of halogens is 1. The molecule has 0 spiro atoms. The Labute approximate surface area is 161 Å². The van der Waals surface area contributed by atoms with Crippen LogP contribution in [-0.2, 0) is 16.0 Å². The first-order valence-corrected chi connectivity index (χ1v) is 9.89. The van der Waals surface area contributed by atoms with Crippen LogP contribution in [0.15, 0.2) is 34.2 Å². The van der Waals surface area contributed by atoms with Gasteiger partial charge in [0.25, 0.3) is 0 Å². The number of anilines is 1. The van der Waals surface area contributed by atoms with Crippen molar-refractivity contribution in [3.8, 4) is 0 Å². The van der Waals surface area contributed by atoms with Crippen molar-refractivity contribution in [2.24, 2.45) is 5.92 Å². The fourth-order valence-corrected chi connectivity index (χ4v) is 4.07. The van der Waals surface area contributed by atoms with Crippen molar-refractivity contribution in [3.63, 3.8) is 0 Å². The minimum absolute atomic E-state index is 0.0820. The number of benzene rings is 1. The Hall–Kier alpha value is -2.26. The Morgan fingerprint density at radius 3 is 3.15 bits per heavy atom. The third kappa shape index (κ3) is 3.36. The third-order valence-electron chi connectivity index (χ3n) is 4.38. The van der Waals surface area contributed by atoms with Gasteiger partial charge in [-0.25, -0.2) is 4.98 Å². The Morgan fingerprint density at radius 2 is 2.35 bits per heavy atom. The molecule has 1 saturated heterocycles. The van der Waals surface area contributed by atoms with Crippen LogP contribution in [0.1, 0.15) is 11.4 Å². The topological polar surface area (TPSA) is 91.0 Å². The molecule has 26 heavy (non-hydrogen) atoms. The Bertz CT molecular complexity index is 955. The molecule has 1 aliphatic rings. The number of aromatic amines is 1. The molecule has 134 valence electrons. The Balaban J connectivity index is 1.42. The van der Waals surface area contributed by atoms with E-state index in [0.29, 0.717) is 25.3 Å². The summed E-state index contributed by atoms with van der Waals surface area (Å²) in [6.45, 7) is 0.869. The maximum absolute atomic E-state index is 12.4. The predicted octanol–water partition coefficient (Wildman–Crippen LogP) is 2.49. The number of thiazole rings is 1. The first kappa shape index (κ1) is 17.2. The molecule has 0 unspecified atom stereocenters. The number of hydrogen-bond donors (Lipinski definition) is 2. The molecule has 0 aliphatic carbocycles. The number of H-pyrrole nitrogens is 1. The van der Waals surface area contributed by atoms with Crippen LogP contribution in [0.5, 0.6) is 0 Å². The highest BCUT2D eigenvalue weighted by Gasteiger charge is 2.36. The second kappa shape index (κ2) is 7.16. The van der Waals surface area contributed by atoms with E-state index in [1.165, 1.54) is 0 Å². The largest absolute Gasteiger partial charge is 0.355 e. The van der Waals surface area contributed by atoms with E-state index in [-0.39, 0.29) is 24.2 Å². The van der Waals surface area contributed by atoms with E-state index in [4.69, 9.17) is 0 Å². The van der Waals surface area contributed by atoms with Crippen molar-refractivity contribution in [1.29, 1.82) is 0 Å². The smallest absolute Gasteiger partial charge is 0.229 e. The molecule has 7 nitrogen and oxygen atoms in total. The fraction of sp³-hybridized carbons (Fsp3) is 0.294. The molecule has 1 aliphatic heterocycles. The molecule has 3 heterocycles. The summed E-state index contributed by atoms with van der Waals surface area (Å²) in [4.78, 5) is 30.6. The number of amides is 2. The molecule has 0 radical (unpaired) electrons. The van der Waals surface area contributed by atoms with Crippen LogP contribution in [0.3, 0.4) is 0 Å². The van der Waals surface area contributed by atoms with Crippen molar-refractivity contribution in [2.45, 2.75) is 12.8 Å². The van der Waals surface area contributed by atoms with Gasteiger partial charge < -0.3 is 5.32 Å². The highest BCUT2D eigenvalue weighted by Crippen LogP contribution is 2.31. The Kier molecular flexibility index (Phi) is 4.73. The van der Waals surface area contributed by atoms with Gasteiger partial charge in [0.1, 0.15) is 0 Å². The lowest BCUT2D eigenvalue weighted by Crippen LogP contribution is -2.34. The third-order valence-corrected chi connectivity index (χ3v) is 5.71. The van der Waals surface area contributed by atoms with E-state index in [1.54, 1.807) is 22.4 Å². The summed E-state index contributed by atoms with van der Waals surface area (Å²) >= 11 is 4.99. The van der Waals surface area contributed by atoms with Crippen molar-refractivity contribution >= 4 is 55.8 Å². The predicted molar refractivity (Wildman–Crippen MR) is 103 cm³/mol. The molecule has 2 N–H and O–H groups in total. The minimum Gasteiger partial charge on any atom is -0.355 e. The highest BCUT2D eigenvalue weighted by molar-refractivity contribution is 9.10. The molecule has 2 aromatic heterocycles. The van der Waals surface area contributed by atoms with Crippen molar-refractivity contribution in [2.75, 3.05) is 18.0 Å². The van der Waals surface area contributed by atoms with E-state index < -0.39 is 0 Å². The van der Waals surface area contributed by atoms with Gasteiger partial charge in [-0.3, -0.25) is 19.6 Å². The Morgan fingerprint density at radius 1 is 1.46 bits per heavy atom. The number of carbonyl (C=O) groups excluding carboxylic acids is 2. The molecule has 1 atom stereocenters. The van der Waals surface area contributed by atoms with Crippen LogP contribution >= 0.6 is 27.3 Å². The van der Waals surface area contributed by atoms with Crippen molar-refractivity contribution < 1.29 is 9.59 Å². The van der Waals surface area contributed by atoms with Gasteiger partial charge >= 0.3 is 0 Å². The number of nitrogens with one attached hydrogen (secondary N) is 2. The molecule has 1 fully saturated rings. The molecule has 0 saturated carbocycles. The number of aromatic nitrogens is 3. The number of nitrogens with zero attached hydrogens (tertiary/aromatic N) is 3. The SMILES string of the molecule is O=C(NCCc1nccs1)[C@H]1CC(=O)N(c2n[nH]c3cc(Br)ccc23)C1. The highest BCUT2D eigenvalue weighted by atomic mass is 79.9.